The van der Waals surface area contributed by atoms with Gasteiger partial charge in [0.05, 0.1) is 7.11 Å². The Morgan fingerprint density at radius 3 is 2.85 bits per heavy atom. The Kier molecular flexibility index (Phi) is 3.59. The van der Waals surface area contributed by atoms with Gasteiger partial charge in [0.15, 0.2) is 0 Å². The predicted octanol–water partition coefficient (Wildman–Crippen LogP) is 5.00. The van der Waals surface area contributed by atoms with Crippen molar-refractivity contribution in [3.8, 4) is 11.1 Å². The van der Waals surface area contributed by atoms with Crippen molar-refractivity contribution in [2.45, 2.75) is 18.8 Å². The molecule has 5 rings (SSSR count). The number of esters is 1. The van der Waals surface area contributed by atoms with E-state index in [4.69, 9.17) is 4.74 Å². The molecule has 0 unspecified atom stereocenters. The molecule has 0 aliphatic heterocycles. The molecule has 2 heteroatoms. The van der Waals surface area contributed by atoms with E-state index in [-0.39, 0.29) is 5.97 Å². The summed E-state index contributed by atoms with van der Waals surface area (Å²) >= 11 is 0. The number of hydrogen-bond acceptors (Lipinski definition) is 2. The molecule has 2 nitrogen and oxygen atoms in total. The van der Waals surface area contributed by atoms with E-state index in [0.29, 0.717) is 23.7 Å². The second kappa shape index (κ2) is 5.98. The lowest BCUT2D eigenvalue weighted by Crippen LogP contribution is -2.42. The molecule has 3 aliphatic rings. The predicted molar refractivity (Wildman–Crippen MR) is 104 cm³/mol. The zero-order valence-electron chi connectivity index (χ0n) is 14.9. The Balaban J connectivity index is 1.46. The van der Waals surface area contributed by atoms with Crippen LogP contribution in [0.15, 0.2) is 60.7 Å². The largest absolute Gasteiger partial charge is 0.466 e. The topological polar surface area (TPSA) is 26.3 Å². The lowest BCUT2D eigenvalue weighted by Gasteiger charge is -2.50. The zero-order valence-corrected chi connectivity index (χ0v) is 14.9. The first kappa shape index (κ1) is 15.6. The van der Waals surface area contributed by atoms with Gasteiger partial charge < -0.3 is 4.74 Å². The first-order valence-electron chi connectivity index (χ1n) is 9.42. The summed E-state index contributed by atoms with van der Waals surface area (Å²) in [5.41, 5.74) is 7.21. The Hall–Kier alpha value is -2.61. The number of carbonyl (C=O) groups is 1. The molecule has 1 saturated carbocycles. The quantitative estimate of drug-likeness (QED) is 0.577. The summed E-state index contributed by atoms with van der Waals surface area (Å²) in [4.78, 5) is 11.3. The maximum atomic E-state index is 11.3. The molecule has 0 amide bonds. The Labute approximate surface area is 154 Å². The molecular weight excluding hydrogens is 320 g/mol. The Bertz CT molecular complexity index is 923. The molecule has 4 atom stereocenters. The summed E-state index contributed by atoms with van der Waals surface area (Å²) in [5, 5.41) is 0. The number of hydrogen-bond donors (Lipinski definition) is 0. The summed E-state index contributed by atoms with van der Waals surface area (Å²) in [5.74, 6) is 2.38. The van der Waals surface area contributed by atoms with Crippen LogP contribution in [-0.4, -0.2) is 13.1 Å². The Morgan fingerprint density at radius 1 is 1.19 bits per heavy atom. The van der Waals surface area contributed by atoms with Gasteiger partial charge in [0.1, 0.15) is 0 Å². The van der Waals surface area contributed by atoms with Crippen LogP contribution in [-0.2, 0) is 16.0 Å². The number of methoxy groups -OCH3 is 1. The van der Waals surface area contributed by atoms with E-state index in [1.165, 1.54) is 35.8 Å². The smallest absolute Gasteiger partial charge is 0.330 e. The molecule has 3 aliphatic carbocycles. The minimum Gasteiger partial charge on any atom is -0.466 e. The van der Waals surface area contributed by atoms with Crippen molar-refractivity contribution in [2.24, 2.45) is 17.8 Å². The van der Waals surface area contributed by atoms with Gasteiger partial charge in [-0.05, 0) is 64.3 Å². The van der Waals surface area contributed by atoms with Crippen molar-refractivity contribution < 1.29 is 9.53 Å². The van der Waals surface area contributed by atoms with Crippen LogP contribution in [0.2, 0.25) is 0 Å². The van der Waals surface area contributed by atoms with Crippen LogP contribution in [0.5, 0.6) is 0 Å². The second-order valence-electron chi connectivity index (χ2n) is 7.62. The van der Waals surface area contributed by atoms with Crippen LogP contribution >= 0.6 is 0 Å². The number of benzene rings is 2. The highest BCUT2D eigenvalue weighted by Gasteiger charge is 2.54. The third kappa shape index (κ3) is 2.21. The molecule has 0 saturated heterocycles. The third-order valence-corrected chi connectivity index (χ3v) is 6.52. The highest BCUT2D eigenvalue weighted by Crippen LogP contribution is 2.63. The lowest BCUT2D eigenvalue weighted by molar-refractivity contribution is -0.134. The van der Waals surface area contributed by atoms with Gasteiger partial charge in [-0.3, -0.25) is 0 Å². The zero-order chi connectivity index (χ0) is 17.7. The van der Waals surface area contributed by atoms with Crippen molar-refractivity contribution in [2.75, 3.05) is 7.11 Å². The average molecular weight is 342 g/mol. The maximum Gasteiger partial charge on any atom is 0.330 e. The molecule has 2 aromatic rings. The van der Waals surface area contributed by atoms with Gasteiger partial charge in [-0.25, -0.2) is 4.79 Å². The van der Waals surface area contributed by atoms with Crippen LogP contribution in [0.4, 0.5) is 0 Å². The van der Waals surface area contributed by atoms with Crippen molar-refractivity contribution in [1.29, 1.82) is 0 Å². The van der Waals surface area contributed by atoms with E-state index >= 15 is 0 Å². The maximum absolute atomic E-state index is 11.3. The molecule has 26 heavy (non-hydrogen) atoms. The summed E-state index contributed by atoms with van der Waals surface area (Å²) in [6.07, 6.45) is 10.5. The highest BCUT2D eigenvalue weighted by molar-refractivity contribution is 5.82. The molecule has 0 bridgehead atoms. The minimum atomic E-state index is -0.260. The molecule has 0 heterocycles. The normalized spacial score (nSPS) is 27.3. The highest BCUT2D eigenvalue weighted by atomic mass is 16.5. The van der Waals surface area contributed by atoms with Gasteiger partial charge in [0, 0.05) is 6.08 Å². The standard InChI is InChI=1S/C24H22O2/c1-26-22(25)9-5-8-18-20-13-12-19-17(15-6-3-2-4-7-15)11-10-16-14-21(18)24(20)23(16)19/h2-7,9-13,18,20-21,24H,8,14H2,1H3/b9-5+/t18-,20-,21+,24-/m1/s1. The summed E-state index contributed by atoms with van der Waals surface area (Å²) in [7, 11) is 1.43. The fourth-order valence-electron chi connectivity index (χ4n) is 5.39. The van der Waals surface area contributed by atoms with Crippen LogP contribution in [0.3, 0.4) is 0 Å². The minimum absolute atomic E-state index is 0.260. The second-order valence-corrected chi connectivity index (χ2v) is 7.62. The number of rotatable bonds is 4. The van der Waals surface area contributed by atoms with Gasteiger partial charge in [-0.2, -0.15) is 0 Å². The fraction of sp³-hybridized carbons (Fsp3) is 0.292. The average Bonchev–Trinajstić information content (AvgIpc) is 3.03. The monoisotopic (exact) mass is 342 g/mol. The summed E-state index contributed by atoms with van der Waals surface area (Å²) in [6.45, 7) is 0. The summed E-state index contributed by atoms with van der Waals surface area (Å²) in [6, 6.07) is 15.3. The number of allylic oxidation sites excluding steroid dienone is 2. The fourth-order valence-corrected chi connectivity index (χ4v) is 5.39. The summed E-state index contributed by atoms with van der Waals surface area (Å²) < 4.78 is 4.70. The van der Waals surface area contributed by atoms with E-state index in [0.717, 1.165) is 6.42 Å². The number of ether oxygens (including phenoxy) is 1. The van der Waals surface area contributed by atoms with Crippen LogP contribution in [0, 0.1) is 17.8 Å². The van der Waals surface area contributed by atoms with Crippen LogP contribution in [0.1, 0.15) is 29.0 Å². The van der Waals surface area contributed by atoms with Gasteiger partial charge in [0.2, 0.25) is 0 Å². The third-order valence-electron chi connectivity index (χ3n) is 6.52. The molecule has 2 aromatic carbocycles. The lowest BCUT2D eigenvalue weighted by atomic mass is 9.54. The van der Waals surface area contributed by atoms with E-state index in [2.05, 4.69) is 54.6 Å². The number of carbonyl (C=O) groups excluding carboxylic acids is 1. The van der Waals surface area contributed by atoms with Gasteiger partial charge in [-0.15, -0.1) is 0 Å². The molecule has 0 aromatic heterocycles. The van der Waals surface area contributed by atoms with E-state index < -0.39 is 0 Å². The van der Waals surface area contributed by atoms with Gasteiger partial charge >= 0.3 is 5.97 Å². The SMILES string of the molecule is COC(=O)/C=C/C[C@@H]1[C@H]2C=Cc3c(-c4ccccc4)ccc4c3[C@H]2[C@H]1C4. The van der Waals surface area contributed by atoms with Crippen molar-refractivity contribution in [3.05, 3.63) is 77.4 Å². The molecule has 130 valence electrons. The van der Waals surface area contributed by atoms with E-state index in [1.54, 1.807) is 11.6 Å². The Morgan fingerprint density at radius 2 is 2.04 bits per heavy atom. The first-order valence-corrected chi connectivity index (χ1v) is 9.42. The van der Waals surface area contributed by atoms with Crippen molar-refractivity contribution in [1.82, 2.24) is 0 Å². The molecular formula is C24H22O2. The van der Waals surface area contributed by atoms with Gasteiger partial charge in [-0.1, -0.05) is 60.7 Å². The van der Waals surface area contributed by atoms with Crippen molar-refractivity contribution >= 4 is 12.0 Å². The molecule has 0 spiro atoms. The van der Waals surface area contributed by atoms with E-state index in [1.807, 2.05) is 6.08 Å². The van der Waals surface area contributed by atoms with E-state index in [9.17, 15) is 4.79 Å². The van der Waals surface area contributed by atoms with Crippen LogP contribution in [0.25, 0.3) is 17.2 Å². The molecule has 1 fully saturated rings. The molecule has 0 N–H and O–H groups in total. The van der Waals surface area contributed by atoms with Gasteiger partial charge in [0.25, 0.3) is 0 Å². The molecule has 0 radical (unpaired) electrons. The first-order chi connectivity index (χ1) is 12.8. The van der Waals surface area contributed by atoms with Crippen LogP contribution < -0.4 is 0 Å². The van der Waals surface area contributed by atoms with Crippen molar-refractivity contribution in [3.63, 3.8) is 0 Å².